The van der Waals surface area contributed by atoms with Gasteiger partial charge in [0.15, 0.2) is 17.4 Å². The number of benzene rings is 1. The van der Waals surface area contributed by atoms with Crippen LogP contribution in [0.25, 0.3) is 0 Å². The molecule has 1 amide bonds. The Morgan fingerprint density at radius 2 is 2.05 bits per heavy atom. The van der Waals surface area contributed by atoms with Gasteiger partial charge in [-0.3, -0.25) is 4.79 Å². The van der Waals surface area contributed by atoms with Crippen LogP contribution in [0.1, 0.15) is 23.7 Å². The lowest BCUT2D eigenvalue weighted by Gasteiger charge is -2.12. The standard InChI is InChI=1S/C12H15F3N2O2/c1-6(2-3-16)5-17-12(19)7-4-8(13)10(15)11(18)9(7)14/h4,6,18H,2-3,5,16H2,1H3,(H,17,19). The summed E-state index contributed by atoms with van der Waals surface area (Å²) in [5, 5.41) is 11.4. The molecule has 0 saturated carbocycles. The molecular weight excluding hydrogens is 261 g/mol. The maximum atomic E-state index is 13.4. The van der Waals surface area contributed by atoms with Crippen molar-refractivity contribution in [3.05, 3.63) is 29.1 Å². The second-order valence-corrected chi connectivity index (χ2v) is 4.28. The number of nitrogens with two attached hydrogens (primary N) is 1. The quantitative estimate of drug-likeness (QED) is 0.714. The van der Waals surface area contributed by atoms with E-state index < -0.39 is 34.7 Å². The summed E-state index contributed by atoms with van der Waals surface area (Å²) in [4.78, 5) is 11.6. The number of phenols is 1. The maximum Gasteiger partial charge on any atom is 0.254 e. The molecule has 0 aromatic heterocycles. The zero-order valence-corrected chi connectivity index (χ0v) is 10.3. The highest BCUT2D eigenvalue weighted by atomic mass is 19.2. The second-order valence-electron chi connectivity index (χ2n) is 4.28. The minimum Gasteiger partial charge on any atom is -0.503 e. The van der Waals surface area contributed by atoms with Crippen LogP contribution in [0.5, 0.6) is 5.75 Å². The molecule has 0 saturated heterocycles. The first-order valence-electron chi connectivity index (χ1n) is 5.73. The second kappa shape index (κ2) is 6.42. The highest BCUT2D eigenvalue weighted by Crippen LogP contribution is 2.25. The number of hydrogen-bond acceptors (Lipinski definition) is 3. The lowest BCUT2D eigenvalue weighted by Crippen LogP contribution is -2.30. The number of carbonyl (C=O) groups is 1. The van der Waals surface area contributed by atoms with E-state index in [0.29, 0.717) is 19.0 Å². The summed E-state index contributed by atoms with van der Waals surface area (Å²) in [6, 6.07) is 0.410. The van der Waals surface area contributed by atoms with Crippen LogP contribution >= 0.6 is 0 Å². The number of rotatable bonds is 5. The van der Waals surface area contributed by atoms with E-state index in [9.17, 15) is 18.0 Å². The first-order valence-corrected chi connectivity index (χ1v) is 5.73. The topological polar surface area (TPSA) is 75.3 Å². The molecule has 7 heteroatoms. The van der Waals surface area contributed by atoms with Gasteiger partial charge in [-0.15, -0.1) is 0 Å². The van der Waals surface area contributed by atoms with Crippen molar-refractivity contribution in [3.8, 4) is 5.75 Å². The largest absolute Gasteiger partial charge is 0.503 e. The van der Waals surface area contributed by atoms with Crippen LogP contribution in [0.3, 0.4) is 0 Å². The number of carbonyl (C=O) groups excluding carboxylic acids is 1. The van der Waals surface area contributed by atoms with Crippen LogP contribution in [-0.2, 0) is 0 Å². The van der Waals surface area contributed by atoms with E-state index in [2.05, 4.69) is 5.32 Å². The monoisotopic (exact) mass is 276 g/mol. The third kappa shape index (κ3) is 3.60. The Kier molecular flexibility index (Phi) is 5.17. The molecule has 0 fully saturated rings. The summed E-state index contributed by atoms with van der Waals surface area (Å²) >= 11 is 0. The van der Waals surface area contributed by atoms with Crippen LogP contribution in [0.2, 0.25) is 0 Å². The number of hydrogen-bond donors (Lipinski definition) is 3. The Labute approximate surface area is 108 Å². The minimum absolute atomic E-state index is 0.0657. The van der Waals surface area contributed by atoms with Crippen LogP contribution in [-0.4, -0.2) is 24.1 Å². The SMILES string of the molecule is CC(CCN)CNC(=O)c1cc(F)c(F)c(O)c1F. The van der Waals surface area contributed by atoms with Gasteiger partial charge in [-0.05, 0) is 24.9 Å². The van der Waals surface area contributed by atoms with Gasteiger partial charge in [0, 0.05) is 6.54 Å². The molecule has 0 heterocycles. The predicted molar refractivity (Wildman–Crippen MR) is 63.1 cm³/mol. The van der Waals surface area contributed by atoms with Crippen LogP contribution < -0.4 is 11.1 Å². The van der Waals surface area contributed by atoms with E-state index in [4.69, 9.17) is 10.8 Å². The molecule has 0 aliphatic carbocycles. The molecule has 0 radical (unpaired) electrons. The zero-order valence-electron chi connectivity index (χ0n) is 10.3. The molecule has 106 valence electrons. The summed E-state index contributed by atoms with van der Waals surface area (Å²) in [5.74, 6) is -7.04. The molecule has 0 spiro atoms. The van der Waals surface area contributed by atoms with E-state index >= 15 is 0 Å². The fourth-order valence-electron chi connectivity index (χ4n) is 1.50. The summed E-state index contributed by atoms with van der Waals surface area (Å²) in [5.41, 5.74) is 4.59. The van der Waals surface area contributed by atoms with Crippen molar-refractivity contribution in [2.24, 2.45) is 11.7 Å². The van der Waals surface area contributed by atoms with Crippen molar-refractivity contribution in [3.63, 3.8) is 0 Å². The Bertz CT molecular complexity index is 481. The van der Waals surface area contributed by atoms with Gasteiger partial charge < -0.3 is 16.2 Å². The Hall–Kier alpha value is -1.76. The number of halogens is 3. The molecule has 0 aliphatic rings. The predicted octanol–water partition coefficient (Wildman–Crippen LogP) is 1.52. The molecule has 1 rings (SSSR count). The van der Waals surface area contributed by atoms with Gasteiger partial charge in [0.2, 0.25) is 5.82 Å². The Balaban J connectivity index is 2.83. The van der Waals surface area contributed by atoms with Crippen LogP contribution in [0, 0.1) is 23.4 Å². The van der Waals surface area contributed by atoms with E-state index in [-0.39, 0.29) is 12.5 Å². The lowest BCUT2D eigenvalue weighted by molar-refractivity contribution is 0.0941. The zero-order chi connectivity index (χ0) is 14.6. The smallest absolute Gasteiger partial charge is 0.254 e. The van der Waals surface area contributed by atoms with Gasteiger partial charge in [0.1, 0.15) is 0 Å². The van der Waals surface area contributed by atoms with Crippen molar-refractivity contribution in [1.82, 2.24) is 5.32 Å². The van der Waals surface area contributed by atoms with E-state index in [1.165, 1.54) is 0 Å². The molecule has 4 N–H and O–H groups in total. The molecule has 1 unspecified atom stereocenters. The Morgan fingerprint density at radius 3 is 2.63 bits per heavy atom. The molecule has 19 heavy (non-hydrogen) atoms. The first kappa shape index (κ1) is 15.3. The van der Waals surface area contributed by atoms with Crippen molar-refractivity contribution < 1.29 is 23.1 Å². The number of aromatic hydroxyl groups is 1. The number of amides is 1. The first-order chi connectivity index (χ1) is 8.88. The van der Waals surface area contributed by atoms with E-state index in [1.807, 2.05) is 6.92 Å². The van der Waals surface area contributed by atoms with Crippen molar-refractivity contribution in [2.45, 2.75) is 13.3 Å². The molecule has 0 bridgehead atoms. The number of nitrogens with one attached hydrogen (secondary N) is 1. The van der Waals surface area contributed by atoms with Crippen molar-refractivity contribution in [2.75, 3.05) is 13.1 Å². The molecule has 0 aliphatic heterocycles. The van der Waals surface area contributed by atoms with E-state index in [0.717, 1.165) is 0 Å². The molecular formula is C12H15F3N2O2. The lowest BCUT2D eigenvalue weighted by atomic mass is 10.1. The molecule has 1 atom stereocenters. The molecule has 1 aromatic carbocycles. The highest BCUT2D eigenvalue weighted by Gasteiger charge is 2.22. The third-order valence-corrected chi connectivity index (χ3v) is 2.65. The van der Waals surface area contributed by atoms with Crippen LogP contribution in [0.4, 0.5) is 13.2 Å². The summed E-state index contributed by atoms with van der Waals surface area (Å²) in [6.07, 6.45) is 0.659. The van der Waals surface area contributed by atoms with Gasteiger partial charge in [-0.25, -0.2) is 8.78 Å². The molecule has 1 aromatic rings. The summed E-state index contributed by atoms with van der Waals surface area (Å²) in [6.45, 7) is 2.48. The van der Waals surface area contributed by atoms with Crippen LogP contribution in [0.15, 0.2) is 6.07 Å². The normalized spacial score (nSPS) is 12.3. The summed E-state index contributed by atoms with van der Waals surface area (Å²) in [7, 11) is 0. The van der Waals surface area contributed by atoms with Crippen molar-refractivity contribution >= 4 is 5.91 Å². The third-order valence-electron chi connectivity index (χ3n) is 2.65. The summed E-state index contributed by atoms with van der Waals surface area (Å²) < 4.78 is 39.3. The van der Waals surface area contributed by atoms with Gasteiger partial charge in [-0.2, -0.15) is 4.39 Å². The maximum absolute atomic E-state index is 13.4. The average molecular weight is 276 g/mol. The highest BCUT2D eigenvalue weighted by molar-refractivity contribution is 5.94. The van der Waals surface area contributed by atoms with Gasteiger partial charge in [0.05, 0.1) is 5.56 Å². The van der Waals surface area contributed by atoms with Gasteiger partial charge in [0.25, 0.3) is 5.91 Å². The van der Waals surface area contributed by atoms with Gasteiger partial charge in [-0.1, -0.05) is 6.92 Å². The molecule has 4 nitrogen and oxygen atoms in total. The van der Waals surface area contributed by atoms with E-state index in [1.54, 1.807) is 0 Å². The van der Waals surface area contributed by atoms with Crippen molar-refractivity contribution in [1.29, 1.82) is 0 Å². The fourth-order valence-corrected chi connectivity index (χ4v) is 1.50. The minimum atomic E-state index is -1.72. The average Bonchev–Trinajstić information content (AvgIpc) is 2.38. The number of phenolic OH excluding ortho intramolecular Hbond substituents is 1. The van der Waals surface area contributed by atoms with Gasteiger partial charge >= 0.3 is 0 Å². The fraction of sp³-hybridized carbons (Fsp3) is 0.417. The Morgan fingerprint density at radius 1 is 1.42 bits per heavy atom.